The maximum atomic E-state index is 13.7. The van der Waals surface area contributed by atoms with Gasteiger partial charge in [0.15, 0.2) is 5.78 Å². The summed E-state index contributed by atoms with van der Waals surface area (Å²) in [6.45, 7) is 1.41. The Kier molecular flexibility index (Phi) is 3.49. The van der Waals surface area contributed by atoms with Crippen LogP contribution in [0.1, 0.15) is 24.1 Å². The molecule has 0 bridgehead atoms. The van der Waals surface area contributed by atoms with Crippen molar-refractivity contribution in [3.8, 4) is 0 Å². The SMILES string of the molecule is CC(=O)C1C2C(=O)N(c3cccc(F)c3)C(=O)C2C2c3ccccc3C=NN12. The zero-order chi connectivity index (χ0) is 19.6. The van der Waals surface area contributed by atoms with Gasteiger partial charge in [-0.3, -0.25) is 19.4 Å². The molecule has 4 unspecified atom stereocenters. The van der Waals surface area contributed by atoms with Crippen LogP contribution in [0.25, 0.3) is 0 Å². The quantitative estimate of drug-likeness (QED) is 0.753. The first-order chi connectivity index (χ1) is 13.5. The van der Waals surface area contributed by atoms with Gasteiger partial charge in [0, 0.05) is 0 Å². The molecule has 0 aliphatic carbocycles. The third kappa shape index (κ3) is 2.13. The summed E-state index contributed by atoms with van der Waals surface area (Å²) in [6, 6.07) is 11.6. The molecule has 5 rings (SSSR count). The largest absolute Gasteiger partial charge is 0.298 e. The Labute approximate surface area is 160 Å². The molecule has 2 fully saturated rings. The van der Waals surface area contributed by atoms with E-state index in [9.17, 15) is 18.8 Å². The molecule has 0 spiro atoms. The zero-order valence-corrected chi connectivity index (χ0v) is 14.9. The number of nitrogens with zero attached hydrogens (tertiary/aromatic N) is 3. The van der Waals surface area contributed by atoms with Crippen molar-refractivity contribution in [1.29, 1.82) is 0 Å². The highest BCUT2D eigenvalue weighted by molar-refractivity contribution is 6.24. The van der Waals surface area contributed by atoms with Crippen molar-refractivity contribution in [1.82, 2.24) is 5.01 Å². The van der Waals surface area contributed by atoms with Gasteiger partial charge >= 0.3 is 0 Å². The molecule has 2 aromatic rings. The highest BCUT2D eigenvalue weighted by Gasteiger charge is 2.64. The van der Waals surface area contributed by atoms with E-state index < -0.39 is 41.6 Å². The summed E-state index contributed by atoms with van der Waals surface area (Å²) >= 11 is 0. The van der Waals surface area contributed by atoms with Crippen LogP contribution >= 0.6 is 0 Å². The first kappa shape index (κ1) is 16.8. The van der Waals surface area contributed by atoms with Gasteiger partial charge in [-0.05, 0) is 36.2 Å². The van der Waals surface area contributed by atoms with Crippen LogP contribution in [-0.4, -0.2) is 34.9 Å². The van der Waals surface area contributed by atoms with Crippen molar-refractivity contribution < 1.29 is 18.8 Å². The van der Waals surface area contributed by atoms with E-state index in [2.05, 4.69) is 5.10 Å². The summed E-state index contributed by atoms with van der Waals surface area (Å²) in [5.74, 6) is -3.26. The van der Waals surface area contributed by atoms with Crippen LogP contribution in [0.4, 0.5) is 10.1 Å². The molecule has 28 heavy (non-hydrogen) atoms. The molecule has 3 aliphatic heterocycles. The third-order valence-electron chi connectivity index (χ3n) is 5.78. The number of rotatable bonds is 2. The molecule has 0 radical (unpaired) electrons. The van der Waals surface area contributed by atoms with Crippen LogP contribution in [0.5, 0.6) is 0 Å². The number of Topliss-reactive ketones (excluding diaryl/α,β-unsaturated/α-hetero) is 1. The average Bonchev–Trinajstić information content (AvgIpc) is 3.15. The fourth-order valence-electron chi connectivity index (χ4n) is 4.69. The van der Waals surface area contributed by atoms with Gasteiger partial charge in [0.05, 0.1) is 29.8 Å². The fourth-order valence-corrected chi connectivity index (χ4v) is 4.69. The van der Waals surface area contributed by atoms with Crippen LogP contribution < -0.4 is 4.90 Å². The molecule has 6 nitrogen and oxygen atoms in total. The number of carbonyl (C=O) groups is 3. The number of ketones is 1. The molecular weight excluding hydrogens is 361 g/mol. The lowest BCUT2D eigenvalue weighted by atomic mass is 9.84. The maximum Gasteiger partial charge on any atom is 0.240 e. The van der Waals surface area contributed by atoms with Gasteiger partial charge in [-0.25, -0.2) is 9.29 Å². The topological polar surface area (TPSA) is 70.0 Å². The van der Waals surface area contributed by atoms with Crippen LogP contribution in [-0.2, 0) is 14.4 Å². The predicted octanol–water partition coefficient (Wildman–Crippen LogP) is 2.29. The Morgan fingerprint density at radius 2 is 1.79 bits per heavy atom. The number of fused-ring (bicyclic) bond motifs is 5. The minimum Gasteiger partial charge on any atom is -0.298 e. The van der Waals surface area contributed by atoms with Crippen LogP contribution in [0, 0.1) is 17.7 Å². The second-order valence-corrected chi connectivity index (χ2v) is 7.30. The number of benzene rings is 2. The number of hydrazone groups is 1. The van der Waals surface area contributed by atoms with E-state index in [1.165, 1.54) is 25.1 Å². The zero-order valence-electron chi connectivity index (χ0n) is 14.9. The minimum atomic E-state index is -0.846. The summed E-state index contributed by atoms with van der Waals surface area (Å²) in [4.78, 5) is 40.0. The second-order valence-electron chi connectivity index (χ2n) is 7.30. The van der Waals surface area contributed by atoms with E-state index in [1.807, 2.05) is 24.3 Å². The van der Waals surface area contributed by atoms with Crippen molar-refractivity contribution in [2.24, 2.45) is 16.9 Å². The Balaban J connectivity index is 1.66. The molecule has 0 N–H and O–H groups in total. The number of anilines is 1. The monoisotopic (exact) mass is 377 g/mol. The standard InChI is InChI=1S/C21H16FN3O3/c1-11(26)18-16-17(19-15-8-3-2-5-12(15)10-23-25(18)19)21(28)24(20(16)27)14-7-4-6-13(22)9-14/h2-10,16-19H,1H3. The van der Waals surface area contributed by atoms with E-state index in [0.717, 1.165) is 22.1 Å². The van der Waals surface area contributed by atoms with E-state index in [4.69, 9.17) is 0 Å². The van der Waals surface area contributed by atoms with Gasteiger partial charge in [0.1, 0.15) is 11.9 Å². The third-order valence-corrected chi connectivity index (χ3v) is 5.78. The summed E-state index contributed by atoms with van der Waals surface area (Å²) < 4.78 is 13.7. The average molecular weight is 377 g/mol. The summed E-state index contributed by atoms with van der Waals surface area (Å²) in [5.41, 5.74) is 1.90. The van der Waals surface area contributed by atoms with Crippen LogP contribution in [0.2, 0.25) is 0 Å². The fraction of sp³-hybridized carbons (Fsp3) is 0.238. The summed E-state index contributed by atoms with van der Waals surface area (Å²) in [6.07, 6.45) is 1.65. The number of carbonyl (C=O) groups excluding carboxylic acids is 3. The number of halogens is 1. The Bertz CT molecular complexity index is 1070. The number of amides is 2. The lowest BCUT2D eigenvalue weighted by molar-refractivity contribution is -0.129. The molecule has 4 atom stereocenters. The lowest BCUT2D eigenvalue weighted by Gasteiger charge is -2.33. The highest BCUT2D eigenvalue weighted by atomic mass is 19.1. The number of hydrogen-bond donors (Lipinski definition) is 0. The van der Waals surface area contributed by atoms with Crippen molar-refractivity contribution in [3.05, 3.63) is 65.5 Å². The molecule has 0 saturated carbocycles. The summed E-state index contributed by atoms with van der Waals surface area (Å²) in [5, 5.41) is 6.00. The highest BCUT2D eigenvalue weighted by Crippen LogP contribution is 2.52. The van der Waals surface area contributed by atoms with E-state index in [0.29, 0.717) is 0 Å². The molecule has 7 heteroatoms. The Hall–Kier alpha value is -3.35. The minimum absolute atomic E-state index is 0.186. The van der Waals surface area contributed by atoms with Crippen LogP contribution in [0.15, 0.2) is 53.6 Å². The predicted molar refractivity (Wildman–Crippen MR) is 99.0 cm³/mol. The second kappa shape index (κ2) is 5.82. The van der Waals surface area contributed by atoms with Crippen molar-refractivity contribution in [2.75, 3.05) is 4.90 Å². The Morgan fingerprint density at radius 3 is 2.54 bits per heavy atom. The van der Waals surface area contributed by atoms with E-state index >= 15 is 0 Å². The van der Waals surface area contributed by atoms with Crippen molar-refractivity contribution in [2.45, 2.75) is 19.0 Å². The molecule has 140 valence electrons. The van der Waals surface area contributed by atoms with Crippen molar-refractivity contribution >= 4 is 29.5 Å². The normalized spacial score (nSPS) is 27.6. The Morgan fingerprint density at radius 1 is 1.04 bits per heavy atom. The number of hydrogen-bond acceptors (Lipinski definition) is 5. The first-order valence-electron chi connectivity index (χ1n) is 9.04. The molecule has 2 saturated heterocycles. The van der Waals surface area contributed by atoms with Gasteiger partial charge in [0.25, 0.3) is 0 Å². The van der Waals surface area contributed by atoms with Gasteiger partial charge in [-0.1, -0.05) is 30.3 Å². The number of imide groups is 1. The van der Waals surface area contributed by atoms with Gasteiger partial charge < -0.3 is 0 Å². The lowest BCUT2D eigenvalue weighted by Crippen LogP contribution is -2.43. The van der Waals surface area contributed by atoms with Crippen LogP contribution in [0.3, 0.4) is 0 Å². The van der Waals surface area contributed by atoms with E-state index in [-0.39, 0.29) is 11.5 Å². The smallest absolute Gasteiger partial charge is 0.240 e. The first-order valence-corrected chi connectivity index (χ1v) is 9.04. The van der Waals surface area contributed by atoms with Gasteiger partial charge in [-0.15, -0.1) is 0 Å². The summed E-state index contributed by atoms with van der Waals surface area (Å²) in [7, 11) is 0. The molecular formula is C21H16FN3O3. The molecule has 3 aliphatic rings. The molecule has 2 amide bonds. The molecule has 3 heterocycles. The molecule has 0 aromatic heterocycles. The van der Waals surface area contributed by atoms with Crippen molar-refractivity contribution in [3.63, 3.8) is 0 Å². The van der Waals surface area contributed by atoms with Gasteiger partial charge in [0.2, 0.25) is 11.8 Å². The van der Waals surface area contributed by atoms with Gasteiger partial charge in [-0.2, -0.15) is 5.10 Å². The maximum absolute atomic E-state index is 13.7. The van der Waals surface area contributed by atoms with E-state index in [1.54, 1.807) is 11.2 Å². The molecule has 2 aromatic carbocycles.